The van der Waals surface area contributed by atoms with E-state index >= 15 is 0 Å². The van der Waals surface area contributed by atoms with Crippen LogP contribution in [-0.4, -0.2) is 39.3 Å². The molecular formula is C17H26N2O3. The summed E-state index contributed by atoms with van der Waals surface area (Å²) in [7, 11) is 1.64. The molecule has 1 heterocycles. The fourth-order valence-corrected chi connectivity index (χ4v) is 2.55. The van der Waals surface area contributed by atoms with Crippen LogP contribution in [0.25, 0.3) is 0 Å². The molecule has 1 atom stereocenters. The van der Waals surface area contributed by atoms with E-state index in [1.54, 1.807) is 7.11 Å². The molecule has 5 heteroatoms. The van der Waals surface area contributed by atoms with E-state index < -0.39 is 0 Å². The van der Waals surface area contributed by atoms with Crippen LogP contribution in [0.15, 0.2) is 24.3 Å². The second-order valence-corrected chi connectivity index (χ2v) is 5.62. The van der Waals surface area contributed by atoms with Crippen molar-refractivity contribution in [1.82, 2.24) is 10.6 Å². The number of carbonyl (C=O) groups is 1. The molecule has 5 nitrogen and oxygen atoms in total. The minimum atomic E-state index is 0.149. The number of rotatable bonds is 9. The molecule has 1 saturated heterocycles. The topological polar surface area (TPSA) is 59.6 Å². The summed E-state index contributed by atoms with van der Waals surface area (Å²) in [5.41, 5.74) is 0. The second-order valence-electron chi connectivity index (χ2n) is 5.62. The maximum absolute atomic E-state index is 11.7. The van der Waals surface area contributed by atoms with Gasteiger partial charge < -0.3 is 20.1 Å². The minimum Gasteiger partial charge on any atom is -0.497 e. The molecule has 0 aromatic heterocycles. The molecule has 2 rings (SSSR count). The lowest BCUT2D eigenvalue weighted by molar-refractivity contribution is -0.121. The summed E-state index contributed by atoms with van der Waals surface area (Å²) in [4.78, 5) is 11.7. The van der Waals surface area contributed by atoms with Gasteiger partial charge in [0.15, 0.2) is 0 Å². The van der Waals surface area contributed by atoms with Gasteiger partial charge in [-0.3, -0.25) is 4.79 Å². The number of ether oxygens (including phenoxy) is 2. The molecule has 1 aliphatic heterocycles. The standard InChI is InChI=1S/C17H26N2O3/c1-21-15-4-6-16(7-5-15)22-12-2-10-19-17(20)8-3-14-9-11-18-13-14/h4-7,14,18H,2-3,8-13H2,1H3,(H,19,20). The zero-order chi connectivity index (χ0) is 15.6. The van der Waals surface area contributed by atoms with Crippen LogP contribution < -0.4 is 20.1 Å². The van der Waals surface area contributed by atoms with Gasteiger partial charge in [-0.05, 0) is 62.5 Å². The van der Waals surface area contributed by atoms with E-state index in [9.17, 15) is 4.79 Å². The molecule has 1 aliphatic rings. The van der Waals surface area contributed by atoms with E-state index in [1.807, 2.05) is 24.3 Å². The highest BCUT2D eigenvalue weighted by Crippen LogP contribution is 2.17. The monoisotopic (exact) mass is 306 g/mol. The summed E-state index contributed by atoms with van der Waals surface area (Å²) in [6.07, 6.45) is 3.62. The van der Waals surface area contributed by atoms with E-state index in [4.69, 9.17) is 9.47 Å². The molecule has 1 aromatic rings. The quantitative estimate of drug-likeness (QED) is 0.685. The molecule has 0 radical (unpaired) electrons. The van der Waals surface area contributed by atoms with Crippen LogP contribution in [0.3, 0.4) is 0 Å². The van der Waals surface area contributed by atoms with Gasteiger partial charge in [-0.2, -0.15) is 0 Å². The van der Waals surface area contributed by atoms with Gasteiger partial charge >= 0.3 is 0 Å². The minimum absolute atomic E-state index is 0.149. The predicted octanol–water partition coefficient (Wildman–Crippen LogP) is 1.97. The number of amides is 1. The summed E-state index contributed by atoms with van der Waals surface area (Å²) in [6, 6.07) is 7.50. The summed E-state index contributed by atoms with van der Waals surface area (Å²) < 4.78 is 10.7. The lowest BCUT2D eigenvalue weighted by Crippen LogP contribution is -2.26. The molecule has 122 valence electrons. The lowest BCUT2D eigenvalue weighted by atomic mass is 10.0. The van der Waals surface area contributed by atoms with E-state index in [0.29, 0.717) is 25.5 Å². The largest absolute Gasteiger partial charge is 0.497 e. The number of hydrogen-bond acceptors (Lipinski definition) is 4. The number of nitrogens with one attached hydrogen (secondary N) is 2. The molecule has 2 N–H and O–H groups in total. The molecule has 0 spiro atoms. The first-order chi connectivity index (χ1) is 10.8. The van der Waals surface area contributed by atoms with Crippen LogP contribution in [-0.2, 0) is 4.79 Å². The molecule has 0 saturated carbocycles. The first kappa shape index (κ1) is 16.6. The van der Waals surface area contributed by atoms with Crippen molar-refractivity contribution in [3.05, 3.63) is 24.3 Å². The Morgan fingerprint density at radius 2 is 2.09 bits per heavy atom. The Kier molecular flexibility index (Phi) is 7.03. The first-order valence-corrected chi connectivity index (χ1v) is 8.02. The fraction of sp³-hybridized carbons (Fsp3) is 0.588. The fourth-order valence-electron chi connectivity index (χ4n) is 2.55. The van der Waals surface area contributed by atoms with Gasteiger partial charge in [0, 0.05) is 13.0 Å². The molecule has 1 unspecified atom stereocenters. The van der Waals surface area contributed by atoms with Crippen molar-refractivity contribution in [3.8, 4) is 11.5 Å². The second kappa shape index (κ2) is 9.30. The summed E-state index contributed by atoms with van der Waals surface area (Å²) in [6.45, 7) is 3.41. The lowest BCUT2D eigenvalue weighted by Gasteiger charge is -2.09. The highest BCUT2D eigenvalue weighted by molar-refractivity contribution is 5.75. The zero-order valence-electron chi connectivity index (χ0n) is 13.3. The van der Waals surface area contributed by atoms with Crippen molar-refractivity contribution in [2.45, 2.75) is 25.7 Å². The predicted molar refractivity (Wildman–Crippen MR) is 86.3 cm³/mol. The van der Waals surface area contributed by atoms with Gasteiger partial charge in [-0.25, -0.2) is 0 Å². The Morgan fingerprint density at radius 3 is 2.77 bits per heavy atom. The Labute approximate surface area is 132 Å². The van der Waals surface area contributed by atoms with Gasteiger partial charge in [-0.1, -0.05) is 0 Å². The Morgan fingerprint density at radius 1 is 1.32 bits per heavy atom. The third kappa shape index (κ3) is 5.93. The van der Waals surface area contributed by atoms with Crippen molar-refractivity contribution in [1.29, 1.82) is 0 Å². The Bertz CT molecular complexity index is 442. The normalized spacial score (nSPS) is 17.2. The van der Waals surface area contributed by atoms with Gasteiger partial charge in [-0.15, -0.1) is 0 Å². The van der Waals surface area contributed by atoms with Crippen LogP contribution in [0.4, 0.5) is 0 Å². The third-order valence-corrected chi connectivity index (χ3v) is 3.91. The highest BCUT2D eigenvalue weighted by Gasteiger charge is 2.15. The molecular weight excluding hydrogens is 280 g/mol. The average molecular weight is 306 g/mol. The molecule has 1 amide bonds. The molecule has 0 aliphatic carbocycles. The van der Waals surface area contributed by atoms with Crippen LogP contribution >= 0.6 is 0 Å². The van der Waals surface area contributed by atoms with Crippen molar-refractivity contribution >= 4 is 5.91 Å². The van der Waals surface area contributed by atoms with Gasteiger partial charge in [0.2, 0.25) is 5.91 Å². The Hall–Kier alpha value is -1.75. The van der Waals surface area contributed by atoms with E-state index in [1.165, 1.54) is 6.42 Å². The van der Waals surface area contributed by atoms with Crippen molar-refractivity contribution < 1.29 is 14.3 Å². The third-order valence-electron chi connectivity index (χ3n) is 3.91. The SMILES string of the molecule is COc1ccc(OCCCNC(=O)CCC2CCNC2)cc1. The van der Waals surface area contributed by atoms with Gasteiger partial charge in [0.1, 0.15) is 11.5 Å². The maximum Gasteiger partial charge on any atom is 0.220 e. The molecule has 1 aromatic carbocycles. The van der Waals surface area contributed by atoms with Crippen molar-refractivity contribution in [2.24, 2.45) is 5.92 Å². The number of methoxy groups -OCH3 is 1. The molecule has 0 bridgehead atoms. The van der Waals surface area contributed by atoms with E-state index in [0.717, 1.165) is 37.4 Å². The Balaban J connectivity index is 1.50. The number of hydrogen-bond donors (Lipinski definition) is 2. The van der Waals surface area contributed by atoms with E-state index in [2.05, 4.69) is 10.6 Å². The average Bonchev–Trinajstić information content (AvgIpc) is 3.06. The zero-order valence-corrected chi connectivity index (χ0v) is 13.3. The van der Waals surface area contributed by atoms with Crippen molar-refractivity contribution in [2.75, 3.05) is 33.4 Å². The van der Waals surface area contributed by atoms with Crippen LogP contribution in [0.2, 0.25) is 0 Å². The number of carbonyl (C=O) groups excluding carboxylic acids is 1. The highest BCUT2D eigenvalue weighted by atomic mass is 16.5. The molecule has 1 fully saturated rings. The van der Waals surface area contributed by atoms with Gasteiger partial charge in [0.05, 0.1) is 13.7 Å². The summed E-state index contributed by atoms with van der Waals surface area (Å²) in [5, 5.41) is 6.27. The maximum atomic E-state index is 11.7. The van der Waals surface area contributed by atoms with Gasteiger partial charge in [0.25, 0.3) is 0 Å². The summed E-state index contributed by atoms with van der Waals surface area (Å²) >= 11 is 0. The summed E-state index contributed by atoms with van der Waals surface area (Å²) in [5.74, 6) is 2.46. The first-order valence-electron chi connectivity index (χ1n) is 8.02. The smallest absolute Gasteiger partial charge is 0.220 e. The van der Waals surface area contributed by atoms with Crippen molar-refractivity contribution in [3.63, 3.8) is 0 Å². The van der Waals surface area contributed by atoms with Crippen LogP contribution in [0.5, 0.6) is 11.5 Å². The van der Waals surface area contributed by atoms with E-state index in [-0.39, 0.29) is 5.91 Å². The molecule has 22 heavy (non-hydrogen) atoms. The van der Waals surface area contributed by atoms with Crippen LogP contribution in [0.1, 0.15) is 25.7 Å². The van der Waals surface area contributed by atoms with Crippen LogP contribution in [0, 0.1) is 5.92 Å². The number of benzene rings is 1.